The van der Waals surface area contributed by atoms with E-state index in [2.05, 4.69) is 16.7 Å². The molecule has 0 spiro atoms. The molecule has 0 aliphatic carbocycles. The summed E-state index contributed by atoms with van der Waals surface area (Å²) in [6, 6.07) is 34.2. The molecule has 0 saturated heterocycles. The highest BCUT2D eigenvalue weighted by Crippen LogP contribution is 2.47. The number of benzene rings is 9. The molecule has 0 bridgehead atoms. The van der Waals surface area contributed by atoms with Crippen LogP contribution in [0.15, 0.2) is 198 Å². The summed E-state index contributed by atoms with van der Waals surface area (Å²) in [6.45, 7) is 0. The molecule has 0 atom stereocenters. The molecule has 11 rings (SSSR count). The molecule has 0 aliphatic rings. The lowest BCUT2D eigenvalue weighted by atomic mass is 9.98. The normalized spacial score (nSPS) is 14.7. The first-order valence-electron chi connectivity index (χ1n) is 22.7. The van der Waals surface area contributed by atoms with Crippen molar-refractivity contribution >= 4 is 82.4 Å². The predicted molar refractivity (Wildman–Crippen MR) is 223 cm³/mol. The van der Waals surface area contributed by atoms with Gasteiger partial charge in [-0.2, -0.15) is 0 Å². The summed E-state index contributed by atoms with van der Waals surface area (Å²) in [7, 11) is 0. The number of fused-ring (bicyclic) bond motifs is 9. The molecule has 2 heterocycles. The third-order valence-electron chi connectivity index (χ3n) is 9.95. The van der Waals surface area contributed by atoms with E-state index in [1.54, 1.807) is 4.90 Å². The first-order chi connectivity index (χ1) is 30.9. The lowest BCUT2D eigenvalue weighted by molar-refractivity contribution is 0.672. The van der Waals surface area contributed by atoms with Crippen molar-refractivity contribution in [1.82, 2.24) is 4.57 Å². The highest BCUT2D eigenvalue weighted by molar-refractivity contribution is 6.20. The third kappa shape index (κ3) is 4.54. The first-order valence-corrected chi connectivity index (χ1v) is 17.2. The number of anilines is 3. The molecule has 3 heteroatoms. The van der Waals surface area contributed by atoms with Crippen LogP contribution in [0.25, 0.3) is 82.1 Å². The van der Waals surface area contributed by atoms with Crippen molar-refractivity contribution in [3.8, 4) is 16.8 Å². The summed E-state index contributed by atoms with van der Waals surface area (Å²) in [4.78, 5) is 1.71. The van der Waals surface area contributed by atoms with Crippen LogP contribution >= 0.6 is 0 Å². The molecular weight excluding hydrogens is 645 g/mol. The van der Waals surface area contributed by atoms with E-state index in [0.29, 0.717) is 33.6 Å². The molecule has 9 aromatic carbocycles. The van der Waals surface area contributed by atoms with Crippen molar-refractivity contribution in [1.29, 1.82) is 0 Å². The zero-order valence-corrected chi connectivity index (χ0v) is 27.9. The highest BCUT2D eigenvalue weighted by Gasteiger charge is 2.24. The molecule has 2 aromatic heterocycles. The number of hydrogen-bond acceptors (Lipinski definition) is 2. The number of aromatic nitrogens is 1. The van der Waals surface area contributed by atoms with Gasteiger partial charge in [0.1, 0.15) is 11.2 Å². The summed E-state index contributed by atoms with van der Waals surface area (Å²) < 4.78 is 109. The number of nitrogens with zero attached hydrogens (tertiary/aromatic N) is 2. The van der Waals surface area contributed by atoms with E-state index in [9.17, 15) is 5.48 Å². The SMILES string of the molecule is [2H]c1c([2H])c(N(c2ccccc2-n2c3ccccc3c3ccccc32)c2cccc3oc4c5ccccc5ccc4c23)c([2H])c([2H])c1-c1c([2H])c([2H])c([2H])c2c([2H])c([2H])c([2H])c([2H])c12. The summed E-state index contributed by atoms with van der Waals surface area (Å²) in [5.41, 5.74) is 3.63. The van der Waals surface area contributed by atoms with Gasteiger partial charge in [-0.25, -0.2) is 0 Å². The minimum Gasteiger partial charge on any atom is -0.455 e. The maximum absolute atomic E-state index is 9.89. The van der Waals surface area contributed by atoms with Crippen molar-refractivity contribution in [2.24, 2.45) is 0 Å². The molecule has 53 heavy (non-hydrogen) atoms. The van der Waals surface area contributed by atoms with Gasteiger partial charge in [0.15, 0.2) is 0 Å². The van der Waals surface area contributed by atoms with Crippen LogP contribution in [0, 0.1) is 0 Å². The van der Waals surface area contributed by atoms with Gasteiger partial charge in [0, 0.05) is 27.2 Å². The van der Waals surface area contributed by atoms with E-state index in [4.69, 9.17) is 14.0 Å². The molecule has 11 aromatic rings. The first kappa shape index (κ1) is 20.7. The molecule has 0 amide bonds. The average Bonchev–Trinajstić information content (AvgIpc) is 3.87. The van der Waals surface area contributed by atoms with E-state index in [1.165, 1.54) is 0 Å². The molecule has 0 unspecified atom stereocenters. The van der Waals surface area contributed by atoms with Gasteiger partial charge in [-0.05, 0) is 81.8 Å². The molecule has 0 aliphatic heterocycles. The maximum atomic E-state index is 9.89. The fourth-order valence-corrected chi connectivity index (χ4v) is 7.66. The second kappa shape index (κ2) is 11.7. The standard InChI is InChI=1S/C50H32N2O/c1-3-16-37-33(13-1)15-11-20-38(37)35-27-30-36(31-28-35)51(47-25-12-26-48-49(47)42-32-29-34-14-2-4-17-39(34)50(42)53-48)45-23-9-10-24-46(45)52-43-21-7-5-18-40(43)41-19-6-8-22-44(41)52/h1-32H/i1D,3D,11D,13D,15D,16D,20D,27D,28D,30D,31D. The molecule has 248 valence electrons. The zero-order valence-electron chi connectivity index (χ0n) is 38.9. The average molecular weight is 688 g/mol. The Morgan fingerprint density at radius 1 is 0.472 bits per heavy atom. The lowest BCUT2D eigenvalue weighted by Crippen LogP contribution is -2.13. The van der Waals surface area contributed by atoms with E-state index < -0.39 is 77.6 Å². The van der Waals surface area contributed by atoms with Gasteiger partial charge in [-0.15, -0.1) is 0 Å². The van der Waals surface area contributed by atoms with E-state index in [-0.39, 0.29) is 16.5 Å². The van der Waals surface area contributed by atoms with Crippen LogP contribution in [0.3, 0.4) is 0 Å². The second-order valence-electron chi connectivity index (χ2n) is 12.8. The zero-order chi connectivity index (χ0) is 44.5. The number of para-hydroxylation sites is 4. The van der Waals surface area contributed by atoms with Gasteiger partial charge in [-0.3, -0.25) is 0 Å². The summed E-state index contributed by atoms with van der Waals surface area (Å²) in [6.07, 6.45) is 0. The van der Waals surface area contributed by atoms with E-state index >= 15 is 0 Å². The molecule has 0 N–H and O–H groups in total. The van der Waals surface area contributed by atoms with E-state index in [0.717, 1.165) is 38.0 Å². The summed E-state index contributed by atoms with van der Waals surface area (Å²) in [5.74, 6) is 0. The largest absolute Gasteiger partial charge is 0.455 e. The smallest absolute Gasteiger partial charge is 0.143 e. The van der Waals surface area contributed by atoms with Crippen molar-refractivity contribution in [2.75, 3.05) is 4.90 Å². The fourth-order valence-electron chi connectivity index (χ4n) is 7.66. The van der Waals surface area contributed by atoms with Crippen LogP contribution in [0.5, 0.6) is 0 Å². The Morgan fingerprint density at radius 2 is 1.15 bits per heavy atom. The maximum Gasteiger partial charge on any atom is 0.143 e. The Balaban J connectivity index is 1.28. The predicted octanol–water partition coefficient (Wildman–Crippen LogP) is 14.1. The molecule has 3 nitrogen and oxygen atoms in total. The molecule has 0 radical (unpaired) electrons. The topological polar surface area (TPSA) is 21.3 Å². The van der Waals surface area contributed by atoms with Crippen LogP contribution in [-0.4, -0.2) is 4.57 Å². The van der Waals surface area contributed by atoms with Gasteiger partial charge in [-0.1, -0.05) is 139 Å². The van der Waals surface area contributed by atoms with E-state index in [1.807, 2.05) is 115 Å². The monoisotopic (exact) mass is 687 g/mol. The Morgan fingerprint density at radius 3 is 1.98 bits per heavy atom. The van der Waals surface area contributed by atoms with Crippen LogP contribution in [0.2, 0.25) is 0 Å². The van der Waals surface area contributed by atoms with Gasteiger partial charge < -0.3 is 13.9 Å². The Bertz CT molecular complexity index is 3750. The third-order valence-corrected chi connectivity index (χ3v) is 9.95. The Labute approximate surface area is 321 Å². The minimum absolute atomic E-state index is 0.143. The van der Waals surface area contributed by atoms with Gasteiger partial charge >= 0.3 is 0 Å². The van der Waals surface area contributed by atoms with Crippen molar-refractivity contribution in [3.63, 3.8) is 0 Å². The van der Waals surface area contributed by atoms with Crippen LogP contribution in [0.4, 0.5) is 17.1 Å². The highest BCUT2D eigenvalue weighted by atomic mass is 16.3. The number of hydrogen-bond donors (Lipinski definition) is 0. The van der Waals surface area contributed by atoms with Gasteiger partial charge in [0.05, 0.1) is 48.6 Å². The summed E-state index contributed by atoms with van der Waals surface area (Å²) >= 11 is 0. The Hall–Kier alpha value is -7.10. The quantitative estimate of drug-likeness (QED) is 0.180. The summed E-state index contributed by atoms with van der Waals surface area (Å²) in [5, 5.41) is 4.60. The van der Waals surface area contributed by atoms with Crippen LogP contribution in [0.1, 0.15) is 15.1 Å². The minimum atomic E-state index is -0.679. The van der Waals surface area contributed by atoms with Crippen LogP contribution < -0.4 is 4.90 Å². The Kier molecular flexibility index (Phi) is 4.57. The lowest BCUT2D eigenvalue weighted by Gasteiger charge is -2.29. The second-order valence-corrected chi connectivity index (χ2v) is 12.8. The molecule has 0 saturated carbocycles. The van der Waals surface area contributed by atoms with Crippen molar-refractivity contribution < 1.29 is 19.5 Å². The van der Waals surface area contributed by atoms with Crippen LogP contribution in [-0.2, 0) is 0 Å². The van der Waals surface area contributed by atoms with Crippen molar-refractivity contribution in [2.45, 2.75) is 0 Å². The van der Waals surface area contributed by atoms with Crippen molar-refractivity contribution in [3.05, 3.63) is 194 Å². The molecular formula is C50H32N2O. The van der Waals surface area contributed by atoms with Gasteiger partial charge in [0.2, 0.25) is 0 Å². The fraction of sp³-hybridized carbons (Fsp3) is 0. The van der Waals surface area contributed by atoms with Gasteiger partial charge in [0.25, 0.3) is 0 Å². The number of rotatable bonds is 5. The number of furan rings is 1. The molecule has 0 fully saturated rings.